The summed E-state index contributed by atoms with van der Waals surface area (Å²) >= 11 is 0. The van der Waals surface area contributed by atoms with E-state index in [0.29, 0.717) is 42.5 Å². The van der Waals surface area contributed by atoms with E-state index in [4.69, 9.17) is 4.84 Å². The van der Waals surface area contributed by atoms with Gasteiger partial charge < -0.3 is 10.6 Å². The first-order chi connectivity index (χ1) is 25.8. The molecule has 17 heteroatoms. The van der Waals surface area contributed by atoms with Crippen molar-refractivity contribution in [1.29, 1.82) is 0 Å². The van der Waals surface area contributed by atoms with E-state index >= 15 is 0 Å². The van der Waals surface area contributed by atoms with Crippen LogP contribution >= 0.6 is 0 Å². The van der Waals surface area contributed by atoms with E-state index in [9.17, 15) is 36.0 Å². The van der Waals surface area contributed by atoms with Gasteiger partial charge >= 0.3 is 6.18 Å². The Morgan fingerprint density at radius 1 is 0.907 bits per heavy atom. The topological polar surface area (TPSA) is 180 Å². The van der Waals surface area contributed by atoms with Crippen LogP contribution in [-0.4, -0.2) is 44.7 Å². The molecule has 0 saturated heterocycles. The fourth-order valence-corrected chi connectivity index (χ4v) is 6.76. The number of hydrogen-bond donors (Lipinski definition) is 6. The summed E-state index contributed by atoms with van der Waals surface area (Å²) in [7, 11) is -4.58. The summed E-state index contributed by atoms with van der Waals surface area (Å²) in [6.07, 6.45) is 2.19. The minimum Gasteiger partial charge on any atom is -0.352 e. The number of carbonyl (C=O) groups excluding carboxylic acids is 3. The van der Waals surface area contributed by atoms with Crippen molar-refractivity contribution in [3.63, 3.8) is 0 Å². The molecule has 0 spiro atoms. The van der Waals surface area contributed by atoms with Crippen LogP contribution in [0.3, 0.4) is 0 Å². The molecule has 1 aromatic heterocycles. The lowest BCUT2D eigenvalue weighted by Crippen LogP contribution is -2.24. The van der Waals surface area contributed by atoms with Crippen LogP contribution in [0.4, 0.5) is 30.2 Å². The van der Waals surface area contributed by atoms with E-state index in [1.54, 1.807) is 43.6 Å². The van der Waals surface area contributed by atoms with Gasteiger partial charge in [0, 0.05) is 36.7 Å². The van der Waals surface area contributed by atoms with Gasteiger partial charge in [0.05, 0.1) is 34.9 Å². The lowest BCUT2D eigenvalue weighted by Gasteiger charge is -2.19. The number of rotatable bonds is 20. The zero-order chi connectivity index (χ0) is 39.1. The van der Waals surface area contributed by atoms with Gasteiger partial charge in [-0.1, -0.05) is 37.1 Å². The lowest BCUT2D eigenvalue weighted by atomic mass is 10.1. The number of amides is 3. The molecule has 288 valence electrons. The summed E-state index contributed by atoms with van der Waals surface area (Å²) in [6, 6.07) is 15.8. The van der Waals surface area contributed by atoms with Gasteiger partial charge in [-0.2, -0.15) is 13.2 Å². The summed E-state index contributed by atoms with van der Waals surface area (Å²) in [5.41, 5.74) is 7.77. The first kappa shape index (κ1) is 41.2. The zero-order valence-corrected chi connectivity index (χ0v) is 30.5. The normalized spacial score (nSPS) is 11.4. The van der Waals surface area contributed by atoms with Crippen molar-refractivity contribution in [3.8, 4) is 0 Å². The number of pyridine rings is 1. The Hall–Kier alpha value is -5.52. The fourth-order valence-electron chi connectivity index (χ4n) is 5.43. The maximum atomic E-state index is 13.9. The molecule has 0 atom stereocenters. The summed E-state index contributed by atoms with van der Waals surface area (Å²) in [5, 5.41) is 5.62. The molecule has 0 aliphatic heterocycles. The molecule has 0 fully saturated rings. The molecule has 4 rings (SSSR count). The third-order valence-corrected chi connectivity index (χ3v) is 9.64. The molecule has 0 radical (unpaired) electrons. The van der Waals surface area contributed by atoms with Gasteiger partial charge in [0.15, 0.2) is 0 Å². The first-order valence-electron chi connectivity index (χ1n) is 17.0. The molecule has 4 aromatic rings. The van der Waals surface area contributed by atoms with E-state index in [0.717, 1.165) is 43.4 Å². The van der Waals surface area contributed by atoms with E-state index in [2.05, 4.69) is 26.5 Å². The van der Waals surface area contributed by atoms with Crippen molar-refractivity contribution in [2.75, 3.05) is 28.6 Å². The summed E-state index contributed by atoms with van der Waals surface area (Å²) < 4.78 is 70.4. The maximum absolute atomic E-state index is 13.9. The minimum absolute atomic E-state index is 0.108. The molecule has 6 N–H and O–H groups in total. The fraction of sp³-hybridized carbons (Fsp3) is 0.297. The molecule has 0 aliphatic rings. The molecule has 54 heavy (non-hydrogen) atoms. The number of benzene rings is 3. The van der Waals surface area contributed by atoms with Crippen molar-refractivity contribution >= 4 is 45.3 Å². The third-order valence-electron chi connectivity index (χ3n) is 8.13. The quantitative estimate of drug-likeness (QED) is 0.0369. The van der Waals surface area contributed by atoms with Crippen molar-refractivity contribution < 1.29 is 40.8 Å². The SMILES string of the molecule is Cc1ccc(S(=O)(=O)Nc2ccc(NNC=O)cc2C(F)(F)F)c(C)c1NC(=O)Cc1cccc(C(=O)NCCCCCCNOCc2cccnc2)c1. The Labute approximate surface area is 311 Å². The standard InChI is InChI=1S/C37H42F3N7O6S/c1-25-12-15-33(54(51,52)47-32-14-13-30(46-43-24-48)21-31(32)37(38,39)40)26(2)35(25)45-34(49)20-27-9-7-11-29(19-27)36(50)42-17-5-3-4-6-18-44-53-23-28-10-8-16-41-22-28/h7-16,19,21-22,24,44,46-47H,3-6,17-18,20,23H2,1-2H3,(H,42,50)(H,43,48)(H,45,49). The van der Waals surface area contributed by atoms with E-state index in [-0.39, 0.29) is 40.6 Å². The van der Waals surface area contributed by atoms with Crippen LogP contribution in [-0.2, 0) is 43.7 Å². The van der Waals surface area contributed by atoms with Gasteiger partial charge in [-0.25, -0.2) is 13.9 Å². The second kappa shape index (κ2) is 19.5. The zero-order valence-electron chi connectivity index (χ0n) is 29.7. The van der Waals surface area contributed by atoms with Crippen molar-refractivity contribution in [1.82, 2.24) is 21.2 Å². The Bertz CT molecular complexity index is 2020. The van der Waals surface area contributed by atoms with Crippen molar-refractivity contribution in [2.45, 2.75) is 63.6 Å². The molecule has 0 bridgehead atoms. The molecule has 13 nitrogen and oxygen atoms in total. The molecule has 3 amide bonds. The number of alkyl halides is 3. The number of unbranched alkanes of at least 4 members (excludes halogenated alkanes) is 3. The predicted octanol–water partition coefficient (Wildman–Crippen LogP) is 5.78. The van der Waals surface area contributed by atoms with Crippen LogP contribution in [0, 0.1) is 13.8 Å². The van der Waals surface area contributed by atoms with Crippen LogP contribution in [0.5, 0.6) is 0 Å². The largest absolute Gasteiger partial charge is 0.418 e. The van der Waals surface area contributed by atoms with Crippen LogP contribution in [0.2, 0.25) is 0 Å². The Morgan fingerprint density at radius 3 is 2.39 bits per heavy atom. The van der Waals surface area contributed by atoms with Crippen LogP contribution in [0.15, 0.2) is 84.0 Å². The Balaban J connectivity index is 1.29. The molecule has 3 aromatic carbocycles. The second-order valence-electron chi connectivity index (χ2n) is 12.3. The molecule has 1 heterocycles. The number of halogens is 3. The number of hydrogen-bond acceptors (Lipinski definition) is 9. The number of sulfonamides is 1. The van der Waals surface area contributed by atoms with Gasteiger partial charge in [0.25, 0.3) is 15.9 Å². The number of hydroxylamine groups is 1. The molecule has 0 aliphatic carbocycles. The highest BCUT2D eigenvalue weighted by Gasteiger charge is 2.35. The number of nitrogens with one attached hydrogen (secondary N) is 6. The number of aryl methyl sites for hydroxylation is 1. The van der Waals surface area contributed by atoms with Gasteiger partial charge in [0.1, 0.15) is 0 Å². The first-order valence-corrected chi connectivity index (χ1v) is 18.5. The highest BCUT2D eigenvalue weighted by molar-refractivity contribution is 7.92. The van der Waals surface area contributed by atoms with Crippen molar-refractivity contribution in [3.05, 3.63) is 113 Å². The molecule has 0 saturated carbocycles. The maximum Gasteiger partial charge on any atom is 0.418 e. The van der Waals surface area contributed by atoms with E-state index in [1.807, 2.05) is 22.3 Å². The number of carbonyl (C=O) groups is 3. The van der Waals surface area contributed by atoms with Gasteiger partial charge in [0.2, 0.25) is 12.3 Å². The van der Waals surface area contributed by atoms with Crippen LogP contribution in [0.25, 0.3) is 0 Å². The number of aromatic nitrogens is 1. The van der Waals surface area contributed by atoms with Gasteiger partial charge in [-0.15, -0.1) is 0 Å². The molecular weight excluding hydrogens is 728 g/mol. The summed E-state index contributed by atoms with van der Waals surface area (Å²) in [5.74, 6) is -0.776. The van der Waals surface area contributed by atoms with Gasteiger partial charge in [-0.3, -0.25) is 39.8 Å². The average molecular weight is 770 g/mol. The number of anilines is 3. The molecule has 0 unspecified atom stereocenters. The highest BCUT2D eigenvalue weighted by Crippen LogP contribution is 2.38. The second-order valence-corrected chi connectivity index (χ2v) is 13.9. The number of nitrogens with zero attached hydrogens (tertiary/aromatic N) is 1. The minimum atomic E-state index is -4.94. The van der Waals surface area contributed by atoms with Crippen LogP contribution in [0.1, 0.15) is 63.9 Å². The van der Waals surface area contributed by atoms with Crippen molar-refractivity contribution in [2.24, 2.45) is 0 Å². The Kier molecular flexibility index (Phi) is 14.9. The number of hydrazine groups is 1. The summed E-state index contributed by atoms with van der Waals surface area (Å²) in [6.45, 7) is 4.71. The van der Waals surface area contributed by atoms with Crippen LogP contribution < -0.4 is 31.7 Å². The third kappa shape index (κ3) is 12.3. The molecular formula is C37H42F3N7O6S. The monoisotopic (exact) mass is 769 g/mol. The highest BCUT2D eigenvalue weighted by atomic mass is 32.2. The average Bonchev–Trinajstić information content (AvgIpc) is 3.13. The summed E-state index contributed by atoms with van der Waals surface area (Å²) in [4.78, 5) is 45.6. The Morgan fingerprint density at radius 2 is 1.67 bits per heavy atom. The van der Waals surface area contributed by atoms with E-state index < -0.39 is 33.4 Å². The predicted molar refractivity (Wildman–Crippen MR) is 198 cm³/mol. The van der Waals surface area contributed by atoms with E-state index in [1.165, 1.54) is 19.1 Å². The smallest absolute Gasteiger partial charge is 0.352 e. The lowest BCUT2D eigenvalue weighted by molar-refractivity contribution is -0.136. The van der Waals surface area contributed by atoms with Gasteiger partial charge in [-0.05, 0) is 91.4 Å².